The highest BCUT2D eigenvalue weighted by atomic mass is 127. The van der Waals surface area contributed by atoms with E-state index in [0.29, 0.717) is 0 Å². The van der Waals surface area contributed by atoms with Gasteiger partial charge in [0.25, 0.3) is 0 Å². The molecule has 1 aromatic heterocycles. The normalized spacial score (nSPS) is 11.5. The van der Waals surface area contributed by atoms with E-state index in [9.17, 15) is 0 Å². The summed E-state index contributed by atoms with van der Waals surface area (Å²) in [4.78, 5) is 6.42. The maximum atomic E-state index is 4.46. The molecule has 0 fully saturated rings. The molecule has 2 N–H and O–H groups in total. The van der Waals surface area contributed by atoms with Gasteiger partial charge in [0.05, 0.1) is 5.69 Å². The molecular formula is C15H31IN6. The van der Waals surface area contributed by atoms with Crippen LogP contribution < -0.4 is 10.6 Å². The summed E-state index contributed by atoms with van der Waals surface area (Å²) in [6, 6.07) is 2.11. The zero-order valence-corrected chi connectivity index (χ0v) is 16.8. The van der Waals surface area contributed by atoms with Gasteiger partial charge in [0.1, 0.15) is 0 Å². The predicted octanol–water partition coefficient (Wildman–Crippen LogP) is 1.62. The lowest BCUT2D eigenvalue weighted by atomic mass is 10.4. The number of aromatic nitrogens is 2. The van der Waals surface area contributed by atoms with E-state index >= 15 is 0 Å². The third-order valence-electron chi connectivity index (χ3n) is 3.24. The first-order valence-corrected chi connectivity index (χ1v) is 7.63. The molecule has 0 bridgehead atoms. The molecule has 0 aliphatic rings. The van der Waals surface area contributed by atoms with Crippen LogP contribution in [0.2, 0.25) is 0 Å². The number of halogens is 1. The zero-order chi connectivity index (χ0) is 15.7. The van der Waals surface area contributed by atoms with Gasteiger partial charge in [0.2, 0.25) is 0 Å². The Morgan fingerprint density at radius 1 is 1.23 bits per heavy atom. The monoisotopic (exact) mass is 422 g/mol. The summed E-state index contributed by atoms with van der Waals surface area (Å²) in [7, 11) is 5.99. The molecule has 6 nitrogen and oxygen atoms in total. The number of nitrogens with zero attached hydrogens (tertiary/aromatic N) is 4. The fraction of sp³-hybridized carbons (Fsp3) is 0.733. The highest BCUT2D eigenvalue weighted by molar-refractivity contribution is 14.0. The van der Waals surface area contributed by atoms with Crippen molar-refractivity contribution in [1.82, 2.24) is 25.3 Å². The van der Waals surface area contributed by atoms with Crippen molar-refractivity contribution in [2.75, 3.05) is 40.8 Å². The molecule has 0 atom stereocenters. The summed E-state index contributed by atoms with van der Waals surface area (Å²) in [6.45, 7) is 7.98. The largest absolute Gasteiger partial charge is 0.356 e. The van der Waals surface area contributed by atoms with Crippen LogP contribution in [-0.2, 0) is 6.54 Å². The fourth-order valence-electron chi connectivity index (χ4n) is 2.16. The summed E-state index contributed by atoms with van der Waals surface area (Å²) >= 11 is 0. The summed E-state index contributed by atoms with van der Waals surface area (Å²) in [5.41, 5.74) is 2.30. The summed E-state index contributed by atoms with van der Waals surface area (Å²) in [5, 5.41) is 11.1. The first kappa shape index (κ1) is 21.2. The van der Waals surface area contributed by atoms with Gasteiger partial charge in [0, 0.05) is 32.4 Å². The van der Waals surface area contributed by atoms with Crippen molar-refractivity contribution in [3.63, 3.8) is 0 Å². The molecule has 1 rings (SSSR count). The summed E-state index contributed by atoms with van der Waals surface area (Å²) in [5.74, 6) is 0.877. The van der Waals surface area contributed by atoms with E-state index in [1.165, 1.54) is 5.69 Å². The van der Waals surface area contributed by atoms with Crippen LogP contribution in [0.25, 0.3) is 0 Å². The molecule has 0 spiro atoms. The predicted molar refractivity (Wildman–Crippen MR) is 104 cm³/mol. The molecule has 0 aliphatic heterocycles. The Balaban J connectivity index is 0.00000441. The molecule has 0 saturated heterocycles. The standard InChI is InChI=1S/C15H30N6.HI/c1-13-12-14(2)21(19-13)11-7-9-18-15(16-3)17-8-6-10-20(4)5;/h12H,6-11H2,1-5H3,(H2,16,17,18);1H. The second-order valence-electron chi connectivity index (χ2n) is 5.59. The molecule has 1 aromatic rings. The maximum absolute atomic E-state index is 4.46. The Hall–Kier alpha value is -0.830. The number of nitrogens with one attached hydrogen (secondary N) is 2. The number of hydrogen-bond acceptors (Lipinski definition) is 3. The van der Waals surface area contributed by atoms with Gasteiger partial charge in [-0.1, -0.05) is 0 Å². The van der Waals surface area contributed by atoms with Gasteiger partial charge in [-0.05, 0) is 53.4 Å². The van der Waals surface area contributed by atoms with Gasteiger partial charge in [-0.3, -0.25) is 9.67 Å². The maximum Gasteiger partial charge on any atom is 0.190 e. The molecule has 7 heteroatoms. The van der Waals surface area contributed by atoms with Crippen molar-refractivity contribution in [3.05, 3.63) is 17.5 Å². The molecule has 0 aromatic carbocycles. The highest BCUT2D eigenvalue weighted by Crippen LogP contribution is 2.02. The van der Waals surface area contributed by atoms with Crippen LogP contribution in [0.1, 0.15) is 24.2 Å². The van der Waals surface area contributed by atoms with E-state index in [1.54, 1.807) is 0 Å². The first-order chi connectivity index (χ1) is 10.0. The van der Waals surface area contributed by atoms with Crippen LogP contribution in [0.5, 0.6) is 0 Å². The van der Waals surface area contributed by atoms with Crippen LogP contribution >= 0.6 is 24.0 Å². The van der Waals surface area contributed by atoms with Gasteiger partial charge in [-0.15, -0.1) is 24.0 Å². The SMILES string of the molecule is CN=C(NCCCN(C)C)NCCCn1nc(C)cc1C.I. The van der Waals surface area contributed by atoms with Crippen molar-refractivity contribution >= 4 is 29.9 Å². The second kappa shape index (κ2) is 11.7. The lowest BCUT2D eigenvalue weighted by molar-refractivity contribution is 0.399. The molecular weight excluding hydrogens is 391 g/mol. The van der Waals surface area contributed by atoms with Gasteiger partial charge in [-0.2, -0.15) is 5.10 Å². The minimum Gasteiger partial charge on any atom is -0.356 e. The quantitative estimate of drug-likeness (QED) is 0.290. The third kappa shape index (κ3) is 8.57. The average molecular weight is 422 g/mol. The Morgan fingerprint density at radius 2 is 1.86 bits per heavy atom. The lowest BCUT2D eigenvalue weighted by Crippen LogP contribution is -2.39. The first-order valence-electron chi connectivity index (χ1n) is 7.63. The Labute approximate surface area is 151 Å². The van der Waals surface area contributed by atoms with Crippen LogP contribution in [0.4, 0.5) is 0 Å². The van der Waals surface area contributed by atoms with E-state index in [0.717, 1.165) is 50.7 Å². The number of hydrogen-bond donors (Lipinski definition) is 2. The molecule has 0 saturated carbocycles. The number of aliphatic imine (C=N–C) groups is 1. The smallest absolute Gasteiger partial charge is 0.190 e. The van der Waals surface area contributed by atoms with Crippen molar-refractivity contribution in [2.45, 2.75) is 33.2 Å². The van der Waals surface area contributed by atoms with Crippen LogP contribution in [0.3, 0.4) is 0 Å². The summed E-state index contributed by atoms with van der Waals surface area (Å²) < 4.78 is 2.06. The average Bonchev–Trinajstić information content (AvgIpc) is 2.75. The zero-order valence-electron chi connectivity index (χ0n) is 14.5. The third-order valence-corrected chi connectivity index (χ3v) is 3.24. The Bertz CT molecular complexity index is 441. The van der Waals surface area contributed by atoms with Crippen molar-refractivity contribution in [1.29, 1.82) is 0 Å². The molecule has 0 radical (unpaired) electrons. The van der Waals surface area contributed by atoms with Gasteiger partial charge >= 0.3 is 0 Å². The van der Waals surface area contributed by atoms with Crippen molar-refractivity contribution in [3.8, 4) is 0 Å². The van der Waals surface area contributed by atoms with E-state index in [-0.39, 0.29) is 24.0 Å². The number of aryl methyl sites for hydroxylation is 3. The summed E-state index contributed by atoms with van der Waals surface area (Å²) in [6.07, 6.45) is 2.14. The number of rotatable bonds is 8. The minimum atomic E-state index is 0. The van der Waals surface area contributed by atoms with Gasteiger partial charge in [-0.25, -0.2) is 0 Å². The van der Waals surface area contributed by atoms with E-state index in [1.807, 2.05) is 14.0 Å². The number of guanidine groups is 1. The van der Waals surface area contributed by atoms with Crippen LogP contribution in [0.15, 0.2) is 11.1 Å². The molecule has 0 aliphatic carbocycles. The molecule has 22 heavy (non-hydrogen) atoms. The molecule has 128 valence electrons. The van der Waals surface area contributed by atoms with Crippen LogP contribution in [0, 0.1) is 13.8 Å². The molecule has 0 amide bonds. The van der Waals surface area contributed by atoms with E-state index < -0.39 is 0 Å². The highest BCUT2D eigenvalue weighted by Gasteiger charge is 2.01. The van der Waals surface area contributed by atoms with Crippen LogP contribution in [-0.4, -0.2) is 61.4 Å². The van der Waals surface area contributed by atoms with E-state index in [2.05, 4.69) is 57.4 Å². The molecule has 0 unspecified atom stereocenters. The molecule has 1 heterocycles. The Morgan fingerprint density at radius 3 is 2.36 bits per heavy atom. The fourth-order valence-corrected chi connectivity index (χ4v) is 2.16. The Kier molecular flexibility index (Phi) is 11.3. The topological polar surface area (TPSA) is 57.5 Å². The van der Waals surface area contributed by atoms with Gasteiger partial charge < -0.3 is 15.5 Å². The lowest BCUT2D eigenvalue weighted by Gasteiger charge is -2.13. The second-order valence-corrected chi connectivity index (χ2v) is 5.59. The van der Waals surface area contributed by atoms with Crippen molar-refractivity contribution < 1.29 is 0 Å². The van der Waals surface area contributed by atoms with E-state index in [4.69, 9.17) is 0 Å². The van der Waals surface area contributed by atoms with Crippen molar-refractivity contribution in [2.24, 2.45) is 4.99 Å². The van der Waals surface area contributed by atoms with Gasteiger partial charge in [0.15, 0.2) is 5.96 Å². The minimum absolute atomic E-state index is 0.